The third-order valence-corrected chi connectivity index (χ3v) is 4.91. The molecule has 2 N–H and O–H groups in total. The predicted octanol–water partition coefficient (Wildman–Crippen LogP) is 2.78. The van der Waals surface area contributed by atoms with Crippen molar-refractivity contribution >= 4 is 29.1 Å². The Morgan fingerprint density at radius 3 is 2.76 bits per heavy atom. The average molecular weight is 367 g/mol. The molecule has 0 bridgehead atoms. The molecule has 2 amide bonds. The molecule has 0 radical (unpaired) electrons. The molecule has 1 aromatic rings. The SMILES string of the molecule is Cc1ccc(Cl)cc1NC(=O)C(=O)NC[C@H]1COC2(CCCCC2)O1. The average Bonchev–Trinajstić information content (AvgIpc) is 2.99. The summed E-state index contributed by atoms with van der Waals surface area (Å²) in [6.45, 7) is 2.52. The lowest BCUT2D eigenvalue weighted by molar-refractivity contribution is -0.186. The van der Waals surface area contributed by atoms with Crippen molar-refractivity contribution in [2.45, 2.75) is 50.9 Å². The van der Waals surface area contributed by atoms with Crippen LogP contribution in [0, 0.1) is 6.92 Å². The standard InChI is InChI=1S/C18H23ClN2O4/c1-12-5-6-13(19)9-15(12)21-17(23)16(22)20-10-14-11-24-18(25-14)7-3-2-4-8-18/h5-6,9,14H,2-4,7-8,10-11H2,1H3,(H,20,22)(H,21,23)/t14-/m0/s1. The first-order chi connectivity index (χ1) is 12.0. The van der Waals surface area contributed by atoms with Crippen molar-refractivity contribution in [1.29, 1.82) is 0 Å². The van der Waals surface area contributed by atoms with E-state index in [9.17, 15) is 9.59 Å². The topological polar surface area (TPSA) is 76.7 Å². The van der Waals surface area contributed by atoms with E-state index < -0.39 is 17.6 Å². The molecule has 1 aliphatic carbocycles. The summed E-state index contributed by atoms with van der Waals surface area (Å²) in [5, 5.41) is 5.68. The van der Waals surface area contributed by atoms with Crippen molar-refractivity contribution in [3.63, 3.8) is 0 Å². The number of carbonyl (C=O) groups is 2. The maximum Gasteiger partial charge on any atom is 0.313 e. The van der Waals surface area contributed by atoms with E-state index in [4.69, 9.17) is 21.1 Å². The van der Waals surface area contributed by atoms with Gasteiger partial charge in [0.25, 0.3) is 0 Å². The number of carbonyl (C=O) groups excluding carboxylic acids is 2. The van der Waals surface area contributed by atoms with Crippen molar-refractivity contribution in [2.24, 2.45) is 0 Å². The molecule has 3 rings (SSSR count). The normalized spacial score (nSPS) is 21.9. The number of rotatable bonds is 3. The van der Waals surface area contributed by atoms with Crippen LogP contribution in [-0.2, 0) is 19.1 Å². The van der Waals surface area contributed by atoms with E-state index in [1.54, 1.807) is 18.2 Å². The number of benzene rings is 1. The van der Waals surface area contributed by atoms with Gasteiger partial charge in [0.15, 0.2) is 5.79 Å². The number of halogens is 1. The Kier molecular flexibility index (Phi) is 5.61. The molecule has 1 heterocycles. The lowest BCUT2D eigenvalue weighted by atomic mass is 9.94. The largest absolute Gasteiger partial charge is 0.347 e. The molecule has 136 valence electrons. The molecule has 1 spiro atoms. The highest BCUT2D eigenvalue weighted by Gasteiger charge is 2.42. The van der Waals surface area contributed by atoms with Crippen LogP contribution in [0.4, 0.5) is 5.69 Å². The van der Waals surface area contributed by atoms with Gasteiger partial charge in [-0.05, 0) is 37.5 Å². The van der Waals surface area contributed by atoms with Gasteiger partial charge in [-0.15, -0.1) is 0 Å². The van der Waals surface area contributed by atoms with E-state index >= 15 is 0 Å². The minimum atomic E-state index is -0.725. The monoisotopic (exact) mass is 366 g/mol. The molecule has 6 nitrogen and oxygen atoms in total. The lowest BCUT2D eigenvalue weighted by Crippen LogP contribution is -2.41. The Hall–Kier alpha value is -1.63. The molecule has 1 saturated carbocycles. The predicted molar refractivity (Wildman–Crippen MR) is 94.5 cm³/mol. The second-order valence-electron chi connectivity index (χ2n) is 6.65. The first-order valence-corrected chi connectivity index (χ1v) is 9.02. The van der Waals surface area contributed by atoms with Gasteiger partial charge >= 0.3 is 11.8 Å². The van der Waals surface area contributed by atoms with Gasteiger partial charge < -0.3 is 20.1 Å². The van der Waals surface area contributed by atoms with E-state index in [2.05, 4.69) is 10.6 Å². The Morgan fingerprint density at radius 2 is 2.00 bits per heavy atom. The summed E-state index contributed by atoms with van der Waals surface area (Å²) in [6, 6.07) is 5.12. The molecule has 25 heavy (non-hydrogen) atoms. The van der Waals surface area contributed by atoms with Crippen LogP contribution in [-0.4, -0.2) is 36.9 Å². The van der Waals surface area contributed by atoms with E-state index in [-0.39, 0.29) is 12.6 Å². The minimum absolute atomic E-state index is 0.220. The quantitative estimate of drug-likeness (QED) is 0.806. The molecule has 1 saturated heterocycles. The van der Waals surface area contributed by atoms with Crippen LogP contribution in [0.1, 0.15) is 37.7 Å². The van der Waals surface area contributed by atoms with Gasteiger partial charge in [-0.25, -0.2) is 0 Å². The van der Waals surface area contributed by atoms with Gasteiger partial charge in [-0.2, -0.15) is 0 Å². The van der Waals surface area contributed by atoms with Crippen LogP contribution in [0.25, 0.3) is 0 Å². The second-order valence-corrected chi connectivity index (χ2v) is 7.08. The van der Waals surface area contributed by atoms with Crippen molar-refractivity contribution in [3.8, 4) is 0 Å². The molecular formula is C18H23ClN2O4. The van der Waals surface area contributed by atoms with Gasteiger partial charge in [0.1, 0.15) is 6.10 Å². The second kappa shape index (κ2) is 7.72. The first-order valence-electron chi connectivity index (χ1n) is 8.65. The summed E-state index contributed by atoms with van der Waals surface area (Å²) in [4.78, 5) is 24.1. The number of hydrogen-bond acceptors (Lipinski definition) is 4. The fourth-order valence-electron chi connectivity index (χ4n) is 3.26. The molecular weight excluding hydrogens is 344 g/mol. The zero-order valence-electron chi connectivity index (χ0n) is 14.3. The summed E-state index contributed by atoms with van der Waals surface area (Å²) in [5.74, 6) is -1.91. The van der Waals surface area contributed by atoms with Crippen LogP contribution in [0.2, 0.25) is 5.02 Å². The number of amides is 2. The molecule has 1 aromatic carbocycles. The Balaban J connectivity index is 1.47. The van der Waals surface area contributed by atoms with Gasteiger partial charge in [-0.1, -0.05) is 24.1 Å². The van der Waals surface area contributed by atoms with Crippen LogP contribution in [0.5, 0.6) is 0 Å². The number of aryl methyl sites for hydroxylation is 1. The zero-order valence-corrected chi connectivity index (χ0v) is 15.0. The molecule has 0 aromatic heterocycles. The highest BCUT2D eigenvalue weighted by molar-refractivity contribution is 6.40. The third kappa shape index (κ3) is 4.51. The molecule has 1 aliphatic heterocycles. The fraction of sp³-hybridized carbons (Fsp3) is 0.556. The Bertz CT molecular complexity index is 658. The molecule has 7 heteroatoms. The van der Waals surface area contributed by atoms with Crippen molar-refractivity contribution in [2.75, 3.05) is 18.5 Å². The van der Waals surface area contributed by atoms with Gasteiger partial charge in [0.05, 0.1) is 6.61 Å². The van der Waals surface area contributed by atoms with Crippen LogP contribution >= 0.6 is 11.6 Å². The van der Waals surface area contributed by atoms with Crippen LogP contribution < -0.4 is 10.6 Å². The van der Waals surface area contributed by atoms with Crippen LogP contribution in [0.15, 0.2) is 18.2 Å². The molecule has 2 fully saturated rings. The number of nitrogens with one attached hydrogen (secondary N) is 2. The minimum Gasteiger partial charge on any atom is -0.347 e. The van der Waals surface area contributed by atoms with E-state index in [0.29, 0.717) is 17.3 Å². The van der Waals surface area contributed by atoms with Gasteiger partial charge in [-0.3, -0.25) is 9.59 Å². The van der Waals surface area contributed by atoms with Crippen LogP contribution in [0.3, 0.4) is 0 Å². The lowest BCUT2D eigenvalue weighted by Gasteiger charge is -2.31. The summed E-state index contributed by atoms with van der Waals surface area (Å²) >= 11 is 5.92. The maximum atomic E-state index is 12.0. The van der Waals surface area contributed by atoms with Crippen molar-refractivity contribution in [1.82, 2.24) is 5.32 Å². The Labute approximate surface area is 152 Å². The van der Waals surface area contributed by atoms with Gasteiger partial charge in [0, 0.05) is 30.1 Å². The smallest absolute Gasteiger partial charge is 0.313 e. The number of hydrogen-bond donors (Lipinski definition) is 2. The zero-order chi connectivity index (χ0) is 17.9. The van der Waals surface area contributed by atoms with Crippen molar-refractivity contribution < 1.29 is 19.1 Å². The molecule has 0 unspecified atom stereocenters. The van der Waals surface area contributed by atoms with E-state index in [0.717, 1.165) is 31.2 Å². The summed E-state index contributed by atoms with van der Waals surface area (Å²) < 4.78 is 11.8. The summed E-state index contributed by atoms with van der Waals surface area (Å²) in [5.41, 5.74) is 1.35. The van der Waals surface area contributed by atoms with Crippen molar-refractivity contribution in [3.05, 3.63) is 28.8 Å². The van der Waals surface area contributed by atoms with E-state index in [1.807, 2.05) is 6.92 Å². The van der Waals surface area contributed by atoms with Gasteiger partial charge in [0.2, 0.25) is 0 Å². The summed E-state index contributed by atoms with van der Waals surface area (Å²) in [6.07, 6.45) is 4.97. The number of anilines is 1. The number of ether oxygens (including phenoxy) is 2. The Morgan fingerprint density at radius 1 is 1.24 bits per heavy atom. The molecule has 2 aliphatic rings. The highest BCUT2D eigenvalue weighted by Crippen LogP contribution is 2.37. The third-order valence-electron chi connectivity index (χ3n) is 4.67. The maximum absolute atomic E-state index is 12.0. The summed E-state index contributed by atoms with van der Waals surface area (Å²) in [7, 11) is 0. The van der Waals surface area contributed by atoms with E-state index in [1.165, 1.54) is 6.42 Å². The highest BCUT2D eigenvalue weighted by atomic mass is 35.5. The fourth-order valence-corrected chi connectivity index (χ4v) is 3.44. The molecule has 1 atom stereocenters. The first kappa shape index (κ1) is 18.2.